The summed E-state index contributed by atoms with van der Waals surface area (Å²) in [5, 5.41) is 2.83. The van der Waals surface area contributed by atoms with E-state index < -0.39 is 0 Å². The largest absolute Gasteiger partial charge is 0.372 e. The van der Waals surface area contributed by atoms with E-state index in [4.69, 9.17) is 0 Å². The zero-order chi connectivity index (χ0) is 9.14. The number of anilines is 1. The third-order valence-electron chi connectivity index (χ3n) is 1.52. The lowest BCUT2D eigenvalue weighted by molar-refractivity contribution is 1.10. The number of aromatic nitrogens is 2. The van der Waals surface area contributed by atoms with Crippen LogP contribution in [0, 0.1) is 0 Å². The molecule has 0 saturated carbocycles. The molecule has 2 N–H and O–H groups in total. The van der Waals surface area contributed by atoms with Crippen LogP contribution in [0.1, 0.15) is 12.5 Å². The summed E-state index contributed by atoms with van der Waals surface area (Å²) < 4.78 is 0. The van der Waals surface area contributed by atoms with E-state index in [-0.39, 0.29) is 5.56 Å². The Bertz CT molecular complexity index is 354. The van der Waals surface area contributed by atoms with Gasteiger partial charge in [0.15, 0.2) is 0 Å². The fourth-order valence-electron chi connectivity index (χ4n) is 0.985. The van der Waals surface area contributed by atoms with Crippen molar-refractivity contribution in [3.05, 3.63) is 28.8 Å². The second-order valence-corrected chi connectivity index (χ2v) is 2.49. The van der Waals surface area contributed by atoms with E-state index in [2.05, 4.69) is 21.9 Å². The Balaban J connectivity index is 3.40. The van der Waals surface area contributed by atoms with Gasteiger partial charge >= 0.3 is 0 Å². The van der Waals surface area contributed by atoms with Gasteiger partial charge in [-0.1, -0.05) is 6.58 Å². The smallest absolute Gasteiger partial charge is 0.260 e. The summed E-state index contributed by atoms with van der Waals surface area (Å²) in [7, 11) is 1.72. The Labute approximate surface area is 70.4 Å². The Morgan fingerprint density at radius 3 is 2.83 bits per heavy atom. The molecule has 0 spiro atoms. The molecule has 1 aromatic heterocycles. The fourth-order valence-corrected chi connectivity index (χ4v) is 0.985. The topological polar surface area (TPSA) is 57.8 Å². The quantitative estimate of drug-likeness (QED) is 0.682. The molecule has 1 rings (SSSR count). The number of allylic oxidation sites excluding steroid dienone is 1. The lowest BCUT2D eigenvalue weighted by Crippen LogP contribution is -2.14. The molecule has 12 heavy (non-hydrogen) atoms. The minimum Gasteiger partial charge on any atom is -0.372 e. The van der Waals surface area contributed by atoms with Crippen LogP contribution in [0.4, 0.5) is 5.82 Å². The Morgan fingerprint density at radius 1 is 1.75 bits per heavy atom. The monoisotopic (exact) mass is 165 g/mol. The van der Waals surface area contributed by atoms with E-state index in [9.17, 15) is 4.79 Å². The number of hydrogen-bond donors (Lipinski definition) is 2. The van der Waals surface area contributed by atoms with Crippen molar-refractivity contribution in [3.63, 3.8) is 0 Å². The number of aromatic amines is 1. The van der Waals surface area contributed by atoms with Crippen LogP contribution in [-0.4, -0.2) is 17.0 Å². The van der Waals surface area contributed by atoms with E-state index >= 15 is 0 Å². The van der Waals surface area contributed by atoms with Crippen molar-refractivity contribution < 1.29 is 0 Å². The summed E-state index contributed by atoms with van der Waals surface area (Å²) in [6, 6.07) is 0. The van der Waals surface area contributed by atoms with Crippen LogP contribution in [0.5, 0.6) is 0 Å². The SMILES string of the molecule is C=C(C)c1c(NC)nc[nH]c1=O. The van der Waals surface area contributed by atoms with Crippen LogP contribution in [0.25, 0.3) is 5.57 Å². The minimum atomic E-state index is -0.165. The third-order valence-corrected chi connectivity index (χ3v) is 1.52. The number of rotatable bonds is 2. The molecule has 1 heterocycles. The predicted molar refractivity (Wildman–Crippen MR) is 49.1 cm³/mol. The van der Waals surface area contributed by atoms with Crippen molar-refractivity contribution in [3.8, 4) is 0 Å². The molecule has 0 saturated heterocycles. The zero-order valence-corrected chi connectivity index (χ0v) is 7.14. The summed E-state index contributed by atoms with van der Waals surface area (Å²) in [5.41, 5.74) is 1.05. The minimum absolute atomic E-state index is 0.165. The summed E-state index contributed by atoms with van der Waals surface area (Å²) in [6.07, 6.45) is 1.36. The molecule has 4 heteroatoms. The Morgan fingerprint density at radius 2 is 2.42 bits per heavy atom. The van der Waals surface area contributed by atoms with Gasteiger partial charge in [-0.3, -0.25) is 4.79 Å². The van der Waals surface area contributed by atoms with Gasteiger partial charge in [0.2, 0.25) is 0 Å². The highest BCUT2D eigenvalue weighted by Crippen LogP contribution is 2.13. The van der Waals surface area contributed by atoms with E-state index in [1.165, 1.54) is 6.33 Å². The molecule has 0 radical (unpaired) electrons. The van der Waals surface area contributed by atoms with Crippen LogP contribution in [0.15, 0.2) is 17.7 Å². The second-order valence-electron chi connectivity index (χ2n) is 2.49. The zero-order valence-electron chi connectivity index (χ0n) is 7.14. The summed E-state index contributed by atoms with van der Waals surface area (Å²) in [5.74, 6) is 0.561. The molecule has 0 unspecified atom stereocenters. The molecule has 0 bridgehead atoms. The maximum absolute atomic E-state index is 11.2. The van der Waals surface area contributed by atoms with Gasteiger partial charge in [0.25, 0.3) is 5.56 Å². The first kappa shape index (κ1) is 8.52. The van der Waals surface area contributed by atoms with E-state index in [0.717, 1.165) is 0 Å². The molecule has 0 aliphatic rings. The molecule has 4 nitrogen and oxygen atoms in total. The first-order valence-electron chi connectivity index (χ1n) is 3.58. The number of nitrogens with zero attached hydrogens (tertiary/aromatic N) is 1. The van der Waals surface area contributed by atoms with Gasteiger partial charge in [-0.05, 0) is 12.5 Å². The van der Waals surface area contributed by atoms with Crippen LogP contribution >= 0.6 is 0 Å². The molecule has 1 aromatic rings. The van der Waals surface area contributed by atoms with Crippen molar-refractivity contribution >= 4 is 11.4 Å². The van der Waals surface area contributed by atoms with E-state index in [0.29, 0.717) is 17.0 Å². The predicted octanol–water partition coefficient (Wildman–Crippen LogP) is 0.845. The second kappa shape index (κ2) is 3.21. The fraction of sp³-hybridized carbons (Fsp3) is 0.250. The first-order valence-corrected chi connectivity index (χ1v) is 3.58. The van der Waals surface area contributed by atoms with Crippen LogP contribution in [0.3, 0.4) is 0 Å². The lowest BCUT2D eigenvalue weighted by Gasteiger charge is -2.04. The molecular weight excluding hydrogens is 154 g/mol. The van der Waals surface area contributed by atoms with Gasteiger partial charge in [-0.15, -0.1) is 0 Å². The molecule has 0 aromatic carbocycles. The Kier molecular flexibility index (Phi) is 2.28. The van der Waals surface area contributed by atoms with Gasteiger partial charge in [-0.25, -0.2) is 4.98 Å². The average Bonchev–Trinajstić information content (AvgIpc) is 2.03. The maximum Gasteiger partial charge on any atom is 0.260 e. The molecule has 0 aliphatic heterocycles. The molecule has 0 atom stereocenters. The van der Waals surface area contributed by atoms with Crippen molar-refractivity contribution in [1.29, 1.82) is 0 Å². The summed E-state index contributed by atoms with van der Waals surface area (Å²) in [6.45, 7) is 5.47. The summed E-state index contributed by atoms with van der Waals surface area (Å²) in [4.78, 5) is 17.7. The number of H-pyrrole nitrogens is 1. The van der Waals surface area contributed by atoms with Crippen molar-refractivity contribution in [2.45, 2.75) is 6.92 Å². The molecule has 64 valence electrons. The third kappa shape index (κ3) is 1.37. The van der Waals surface area contributed by atoms with Crippen LogP contribution in [-0.2, 0) is 0 Å². The molecule has 0 aliphatic carbocycles. The molecular formula is C8H11N3O. The standard InChI is InChI=1S/C8H11N3O/c1-5(2)6-7(9-3)10-4-11-8(6)12/h4H,1H2,2-3H3,(H2,9,10,11,12). The average molecular weight is 165 g/mol. The normalized spacial score (nSPS) is 9.50. The Hall–Kier alpha value is -1.58. The highest BCUT2D eigenvalue weighted by atomic mass is 16.1. The van der Waals surface area contributed by atoms with Gasteiger partial charge in [0.1, 0.15) is 5.82 Å². The maximum atomic E-state index is 11.2. The molecule has 0 fully saturated rings. The lowest BCUT2D eigenvalue weighted by atomic mass is 10.1. The van der Waals surface area contributed by atoms with Crippen LogP contribution < -0.4 is 10.9 Å². The first-order chi connectivity index (χ1) is 5.66. The number of nitrogens with one attached hydrogen (secondary N) is 2. The van der Waals surface area contributed by atoms with Gasteiger partial charge in [-0.2, -0.15) is 0 Å². The summed E-state index contributed by atoms with van der Waals surface area (Å²) >= 11 is 0. The van der Waals surface area contributed by atoms with Crippen molar-refractivity contribution in [1.82, 2.24) is 9.97 Å². The van der Waals surface area contributed by atoms with Gasteiger partial charge < -0.3 is 10.3 Å². The van der Waals surface area contributed by atoms with Crippen LogP contribution in [0.2, 0.25) is 0 Å². The van der Waals surface area contributed by atoms with Crippen molar-refractivity contribution in [2.24, 2.45) is 0 Å². The van der Waals surface area contributed by atoms with Crippen molar-refractivity contribution in [2.75, 3.05) is 12.4 Å². The van der Waals surface area contributed by atoms with E-state index in [1.54, 1.807) is 14.0 Å². The highest BCUT2D eigenvalue weighted by Gasteiger charge is 2.06. The molecule has 0 amide bonds. The van der Waals surface area contributed by atoms with E-state index in [1.807, 2.05) is 0 Å². The number of hydrogen-bond acceptors (Lipinski definition) is 3. The highest BCUT2D eigenvalue weighted by molar-refractivity contribution is 5.70. The van der Waals surface area contributed by atoms with Gasteiger partial charge in [0, 0.05) is 7.05 Å². The van der Waals surface area contributed by atoms with Gasteiger partial charge in [0.05, 0.1) is 11.9 Å².